The van der Waals surface area contributed by atoms with Crippen LogP contribution < -0.4 is 5.73 Å². The standard InChI is InChI=1S/C16H23ClN4/c1-12(2)21-11-19-9-16(21)15(8-18)20(3)10-13-5-4-6-14(17)7-13/h4-7,9,11-12,15H,8,10,18H2,1-3H3. The number of hydrogen-bond acceptors (Lipinski definition) is 3. The van der Waals surface area contributed by atoms with Crippen LogP contribution in [0.3, 0.4) is 0 Å². The van der Waals surface area contributed by atoms with Gasteiger partial charge in [0.2, 0.25) is 0 Å². The van der Waals surface area contributed by atoms with E-state index in [4.69, 9.17) is 17.3 Å². The van der Waals surface area contributed by atoms with Crippen LogP contribution in [0, 0.1) is 0 Å². The average Bonchev–Trinajstić information content (AvgIpc) is 2.89. The molecule has 1 heterocycles. The molecule has 1 aromatic heterocycles. The van der Waals surface area contributed by atoms with Gasteiger partial charge in [0.1, 0.15) is 0 Å². The second-order valence-electron chi connectivity index (χ2n) is 5.62. The number of imidazole rings is 1. The zero-order valence-corrected chi connectivity index (χ0v) is 13.6. The topological polar surface area (TPSA) is 47.1 Å². The van der Waals surface area contributed by atoms with E-state index in [1.165, 1.54) is 5.56 Å². The lowest BCUT2D eigenvalue weighted by Crippen LogP contribution is -2.32. The first-order valence-electron chi connectivity index (χ1n) is 7.19. The summed E-state index contributed by atoms with van der Waals surface area (Å²) in [6.45, 7) is 5.65. The molecule has 4 nitrogen and oxygen atoms in total. The Bertz CT molecular complexity index is 579. The summed E-state index contributed by atoms with van der Waals surface area (Å²) >= 11 is 6.05. The Hall–Kier alpha value is -1.36. The molecule has 21 heavy (non-hydrogen) atoms. The molecule has 0 aliphatic rings. The average molecular weight is 307 g/mol. The summed E-state index contributed by atoms with van der Waals surface area (Å²) in [6, 6.07) is 8.44. The molecule has 5 heteroatoms. The van der Waals surface area contributed by atoms with Crippen molar-refractivity contribution in [3.8, 4) is 0 Å². The molecule has 0 aliphatic heterocycles. The maximum atomic E-state index is 6.05. The molecular formula is C16H23ClN4. The number of nitrogens with zero attached hydrogens (tertiary/aromatic N) is 3. The first-order chi connectivity index (χ1) is 10.0. The van der Waals surface area contributed by atoms with Gasteiger partial charge in [-0.2, -0.15) is 0 Å². The molecule has 2 aromatic rings. The number of likely N-dealkylation sites (N-methyl/N-ethyl adjacent to an activating group) is 1. The SMILES string of the molecule is CC(C)n1cncc1C(CN)N(C)Cc1cccc(Cl)c1. The molecule has 2 rings (SSSR count). The highest BCUT2D eigenvalue weighted by Crippen LogP contribution is 2.23. The largest absolute Gasteiger partial charge is 0.331 e. The molecule has 0 bridgehead atoms. The second kappa shape index (κ2) is 7.07. The molecule has 0 saturated carbocycles. The van der Waals surface area contributed by atoms with Crippen molar-refractivity contribution >= 4 is 11.6 Å². The smallest absolute Gasteiger partial charge is 0.0951 e. The van der Waals surface area contributed by atoms with E-state index in [0.717, 1.165) is 17.3 Å². The zero-order valence-electron chi connectivity index (χ0n) is 12.8. The summed E-state index contributed by atoms with van der Waals surface area (Å²) in [5.74, 6) is 0. The van der Waals surface area contributed by atoms with Crippen LogP contribution >= 0.6 is 11.6 Å². The van der Waals surface area contributed by atoms with Crippen LogP contribution in [-0.4, -0.2) is 28.0 Å². The zero-order chi connectivity index (χ0) is 15.4. The molecule has 1 unspecified atom stereocenters. The van der Waals surface area contributed by atoms with Crippen molar-refractivity contribution in [1.29, 1.82) is 0 Å². The van der Waals surface area contributed by atoms with E-state index in [9.17, 15) is 0 Å². The van der Waals surface area contributed by atoms with Crippen LogP contribution in [0.1, 0.15) is 37.2 Å². The fraction of sp³-hybridized carbons (Fsp3) is 0.438. The monoisotopic (exact) mass is 306 g/mol. The molecule has 114 valence electrons. The van der Waals surface area contributed by atoms with Gasteiger partial charge in [0.15, 0.2) is 0 Å². The van der Waals surface area contributed by atoms with Gasteiger partial charge in [-0.3, -0.25) is 4.90 Å². The minimum Gasteiger partial charge on any atom is -0.331 e. The predicted molar refractivity (Wildman–Crippen MR) is 87.3 cm³/mol. The summed E-state index contributed by atoms with van der Waals surface area (Å²) in [4.78, 5) is 6.51. The molecule has 0 fully saturated rings. The van der Waals surface area contributed by atoms with Crippen LogP contribution in [0.5, 0.6) is 0 Å². The number of nitrogens with two attached hydrogens (primary N) is 1. The number of aromatic nitrogens is 2. The first-order valence-corrected chi connectivity index (χ1v) is 7.57. The van der Waals surface area contributed by atoms with E-state index in [0.29, 0.717) is 12.6 Å². The Labute approximate surface area is 131 Å². The van der Waals surface area contributed by atoms with Gasteiger partial charge in [-0.05, 0) is 38.6 Å². The van der Waals surface area contributed by atoms with Gasteiger partial charge in [-0.15, -0.1) is 0 Å². The van der Waals surface area contributed by atoms with E-state index in [1.54, 1.807) is 0 Å². The summed E-state index contributed by atoms with van der Waals surface area (Å²) in [5.41, 5.74) is 8.34. The molecule has 2 N–H and O–H groups in total. The van der Waals surface area contributed by atoms with Gasteiger partial charge in [0.25, 0.3) is 0 Å². The van der Waals surface area contributed by atoms with E-state index in [2.05, 4.69) is 41.4 Å². The Morgan fingerprint density at radius 3 is 2.76 bits per heavy atom. The highest BCUT2D eigenvalue weighted by atomic mass is 35.5. The minimum absolute atomic E-state index is 0.133. The van der Waals surface area contributed by atoms with Crippen molar-refractivity contribution < 1.29 is 0 Å². The molecule has 0 saturated heterocycles. The van der Waals surface area contributed by atoms with Crippen molar-refractivity contribution in [2.24, 2.45) is 5.73 Å². The number of benzene rings is 1. The predicted octanol–water partition coefficient (Wildman–Crippen LogP) is 3.25. The molecule has 0 aliphatic carbocycles. The Kier molecular flexibility index (Phi) is 5.39. The summed E-state index contributed by atoms with van der Waals surface area (Å²) < 4.78 is 2.17. The molecule has 0 amide bonds. The quantitative estimate of drug-likeness (QED) is 0.891. The van der Waals surface area contributed by atoms with Gasteiger partial charge < -0.3 is 10.3 Å². The Morgan fingerprint density at radius 1 is 1.38 bits per heavy atom. The maximum Gasteiger partial charge on any atom is 0.0951 e. The van der Waals surface area contributed by atoms with E-state index >= 15 is 0 Å². The fourth-order valence-corrected chi connectivity index (χ4v) is 2.78. The highest BCUT2D eigenvalue weighted by Gasteiger charge is 2.20. The lowest BCUT2D eigenvalue weighted by Gasteiger charge is -2.28. The lowest BCUT2D eigenvalue weighted by atomic mass is 10.1. The van der Waals surface area contributed by atoms with Crippen LogP contribution in [0.25, 0.3) is 0 Å². The van der Waals surface area contributed by atoms with Gasteiger partial charge in [-0.25, -0.2) is 4.98 Å². The third kappa shape index (κ3) is 3.84. The minimum atomic E-state index is 0.133. The van der Waals surface area contributed by atoms with Crippen molar-refractivity contribution in [1.82, 2.24) is 14.5 Å². The van der Waals surface area contributed by atoms with E-state index < -0.39 is 0 Å². The second-order valence-corrected chi connectivity index (χ2v) is 6.05. The van der Waals surface area contributed by atoms with Crippen molar-refractivity contribution in [3.05, 3.63) is 53.1 Å². The first kappa shape index (κ1) is 16.0. The lowest BCUT2D eigenvalue weighted by molar-refractivity contribution is 0.230. The van der Waals surface area contributed by atoms with Crippen LogP contribution in [-0.2, 0) is 6.54 Å². The molecule has 1 aromatic carbocycles. The molecule has 0 radical (unpaired) electrons. The van der Waals surface area contributed by atoms with Crippen molar-refractivity contribution in [2.75, 3.05) is 13.6 Å². The third-order valence-electron chi connectivity index (χ3n) is 3.67. The van der Waals surface area contributed by atoms with Crippen LogP contribution in [0.4, 0.5) is 0 Å². The van der Waals surface area contributed by atoms with Crippen molar-refractivity contribution in [3.63, 3.8) is 0 Å². The molecule has 1 atom stereocenters. The summed E-state index contributed by atoms with van der Waals surface area (Å²) in [5, 5.41) is 0.762. The fourth-order valence-electron chi connectivity index (χ4n) is 2.56. The number of halogens is 1. The van der Waals surface area contributed by atoms with Crippen LogP contribution in [0.15, 0.2) is 36.8 Å². The highest BCUT2D eigenvalue weighted by molar-refractivity contribution is 6.30. The Balaban J connectivity index is 2.18. The summed E-state index contributed by atoms with van der Waals surface area (Å²) in [7, 11) is 2.08. The molecular weight excluding hydrogens is 284 g/mol. The van der Waals surface area contributed by atoms with Gasteiger partial charge >= 0.3 is 0 Å². The Morgan fingerprint density at radius 2 is 2.14 bits per heavy atom. The number of rotatable bonds is 6. The normalized spacial score (nSPS) is 13.1. The van der Waals surface area contributed by atoms with Gasteiger partial charge in [0.05, 0.1) is 18.1 Å². The van der Waals surface area contributed by atoms with Crippen molar-refractivity contribution in [2.45, 2.75) is 32.5 Å². The third-order valence-corrected chi connectivity index (χ3v) is 3.91. The van der Waals surface area contributed by atoms with Gasteiger partial charge in [-0.1, -0.05) is 23.7 Å². The van der Waals surface area contributed by atoms with Gasteiger partial charge in [0, 0.05) is 30.4 Å². The van der Waals surface area contributed by atoms with E-state index in [-0.39, 0.29) is 6.04 Å². The number of hydrogen-bond donors (Lipinski definition) is 1. The molecule has 0 spiro atoms. The van der Waals surface area contributed by atoms with E-state index in [1.807, 2.05) is 30.7 Å². The maximum absolute atomic E-state index is 6.05. The van der Waals surface area contributed by atoms with Crippen LogP contribution in [0.2, 0.25) is 5.02 Å². The summed E-state index contributed by atoms with van der Waals surface area (Å²) in [6.07, 6.45) is 3.78.